The lowest BCUT2D eigenvalue weighted by atomic mass is 9.99. The lowest BCUT2D eigenvalue weighted by Crippen LogP contribution is -2.67. The van der Waals surface area contributed by atoms with Crippen LogP contribution in [0.2, 0.25) is 0 Å². The fraction of sp³-hybridized carbons (Fsp3) is 0.524. The number of hydrazine groups is 1. The fourth-order valence-corrected chi connectivity index (χ4v) is 6.44. The Labute approximate surface area is 310 Å². The molecular formula is C42H68N6O3. The SMILES string of the molecule is CC.CC=O.CCNCc1ccccc1.Cc1cc(C)c(N(C)C)c(CN(C)CC2N([C@H](C)C/C3=C/C=CC(O)/C=C\C3)C(=O)CN(C)N2C)c1. The second-order valence-electron chi connectivity index (χ2n) is 13.2. The first kappa shape index (κ1) is 45.4. The zero-order valence-corrected chi connectivity index (χ0v) is 33.7. The number of hydrogen-bond donors (Lipinski definition) is 2. The molecule has 2 aliphatic rings. The van der Waals surface area contributed by atoms with Gasteiger partial charge in [-0.15, -0.1) is 0 Å². The second-order valence-corrected chi connectivity index (χ2v) is 13.2. The number of allylic oxidation sites excluding steroid dienone is 3. The molecule has 9 nitrogen and oxygen atoms in total. The molecule has 1 saturated heterocycles. The van der Waals surface area contributed by atoms with Crippen molar-refractivity contribution in [3.05, 3.63) is 101 Å². The summed E-state index contributed by atoms with van der Waals surface area (Å²) in [6.45, 7) is 18.0. The molecule has 0 spiro atoms. The molecule has 2 unspecified atom stereocenters. The third-order valence-electron chi connectivity index (χ3n) is 8.64. The maximum absolute atomic E-state index is 13.3. The van der Waals surface area contributed by atoms with Gasteiger partial charge in [-0.05, 0) is 70.8 Å². The van der Waals surface area contributed by atoms with Gasteiger partial charge in [0.05, 0.1) is 12.6 Å². The number of anilines is 1. The first-order chi connectivity index (χ1) is 24.3. The van der Waals surface area contributed by atoms with Crippen LogP contribution in [0.15, 0.2) is 78.4 Å². The van der Waals surface area contributed by atoms with Crippen LogP contribution in [0, 0.1) is 13.8 Å². The van der Waals surface area contributed by atoms with Crippen molar-refractivity contribution in [3.63, 3.8) is 0 Å². The zero-order valence-electron chi connectivity index (χ0n) is 33.7. The predicted molar refractivity (Wildman–Crippen MR) is 216 cm³/mol. The average Bonchev–Trinajstić information content (AvgIpc) is 3.06. The maximum Gasteiger partial charge on any atom is 0.239 e. The van der Waals surface area contributed by atoms with Gasteiger partial charge in [0.1, 0.15) is 12.5 Å². The molecule has 1 aliphatic carbocycles. The lowest BCUT2D eigenvalue weighted by Gasteiger charge is -2.50. The topological polar surface area (TPSA) is 82.6 Å². The number of aryl methyl sites for hydroxylation is 2. The molecule has 2 aromatic carbocycles. The summed E-state index contributed by atoms with van der Waals surface area (Å²) in [4.78, 5) is 28.7. The van der Waals surface area contributed by atoms with Crippen molar-refractivity contribution in [3.8, 4) is 0 Å². The molecule has 0 saturated carbocycles. The number of carbonyl (C=O) groups excluding carboxylic acids is 2. The zero-order chi connectivity index (χ0) is 38.5. The van der Waals surface area contributed by atoms with Gasteiger partial charge in [0.15, 0.2) is 0 Å². The Balaban J connectivity index is 0.000000724. The van der Waals surface area contributed by atoms with E-state index in [4.69, 9.17) is 4.79 Å². The molecule has 3 atom stereocenters. The molecule has 2 aromatic rings. The van der Waals surface area contributed by atoms with E-state index in [1.165, 1.54) is 40.4 Å². The van der Waals surface area contributed by atoms with E-state index in [1.807, 2.05) is 50.2 Å². The van der Waals surface area contributed by atoms with Crippen LogP contribution in [0.1, 0.15) is 69.7 Å². The van der Waals surface area contributed by atoms with Crippen molar-refractivity contribution in [1.82, 2.24) is 25.1 Å². The Kier molecular flexibility index (Phi) is 21.9. The van der Waals surface area contributed by atoms with E-state index in [9.17, 15) is 9.90 Å². The quantitative estimate of drug-likeness (QED) is 0.207. The van der Waals surface area contributed by atoms with E-state index in [0.717, 1.165) is 45.3 Å². The highest BCUT2D eigenvalue weighted by atomic mass is 16.3. The predicted octanol–water partition coefficient (Wildman–Crippen LogP) is 6.36. The number of likely N-dealkylation sites (N-methyl/N-ethyl adjacent to an activating group) is 3. The summed E-state index contributed by atoms with van der Waals surface area (Å²) >= 11 is 0. The van der Waals surface area contributed by atoms with E-state index in [1.54, 1.807) is 6.08 Å². The minimum Gasteiger partial charge on any atom is -0.385 e. The van der Waals surface area contributed by atoms with E-state index in [0.29, 0.717) is 6.54 Å². The first-order valence-electron chi connectivity index (χ1n) is 18.4. The normalized spacial score (nSPS) is 19.8. The van der Waals surface area contributed by atoms with Crippen molar-refractivity contribution >= 4 is 17.9 Å². The van der Waals surface area contributed by atoms with Crippen molar-refractivity contribution in [2.45, 2.75) is 92.7 Å². The lowest BCUT2D eigenvalue weighted by molar-refractivity contribution is -0.176. The second kappa shape index (κ2) is 24.6. The average molecular weight is 705 g/mol. The Morgan fingerprint density at radius 3 is 2.31 bits per heavy atom. The highest BCUT2D eigenvalue weighted by Crippen LogP contribution is 2.28. The summed E-state index contributed by atoms with van der Waals surface area (Å²) in [5.74, 6) is 0.162. The van der Waals surface area contributed by atoms with Crippen molar-refractivity contribution in [2.75, 3.05) is 59.8 Å². The van der Waals surface area contributed by atoms with Gasteiger partial charge >= 0.3 is 0 Å². The number of rotatable bonds is 11. The molecule has 9 heteroatoms. The Morgan fingerprint density at radius 2 is 1.71 bits per heavy atom. The van der Waals surface area contributed by atoms with E-state index in [2.05, 4.69) is 123 Å². The molecule has 0 radical (unpaired) electrons. The summed E-state index contributed by atoms with van der Waals surface area (Å²) in [5, 5.41) is 17.3. The smallest absolute Gasteiger partial charge is 0.239 e. The summed E-state index contributed by atoms with van der Waals surface area (Å²) in [6.07, 6.45) is 11.4. The minimum absolute atomic E-state index is 0.0583. The number of hydrogen-bond acceptors (Lipinski definition) is 8. The molecule has 1 aliphatic heterocycles. The molecule has 284 valence electrons. The van der Waals surface area contributed by atoms with Crippen LogP contribution in [-0.2, 0) is 22.7 Å². The Bertz CT molecular complexity index is 1390. The summed E-state index contributed by atoms with van der Waals surface area (Å²) in [5.41, 5.74) is 7.73. The van der Waals surface area contributed by atoms with E-state index in [-0.39, 0.29) is 18.1 Å². The number of benzene rings is 2. The summed E-state index contributed by atoms with van der Waals surface area (Å²) in [7, 11) is 10.4. The summed E-state index contributed by atoms with van der Waals surface area (Å²) < 4.78 is 0. The molecule has 4 rings (SSSR count). The van der Waals surface area contributed by atoms with Gasteiger partial charge in [-0.2, -0.15) is 0 Å². The van der Waals surface area contributed by atoms with Crippen LogP contribution in [0.3, 0.4) is 0 Å². The first-order valence-corrected chi connectivity index (χ1v) is 18.4. The molecule has 1 amide bonds. The Hall–Kier alpha value is -3.60. The third kappa shape index (κ3) is 15.7. The van der Waals surface area contributed by atoms with Gasteiger partial charge in [0, 0.05) is 59.6 Å². The highest BCUT2D eigenvalue weighted by Gasteiger charge is 2.38. The van der Waals surface area contributed by atoms with Crippen molar-refractivity contribution < 1.29 is 14.7 Å². The van der Waals surface area contributed by atoms with Crippen LogP contribution in [0.4, 0.5) is 5.69 Å². The van der Waals surface area contributed by atoms with Gasteiger partial charge in [0.25, 0.3) is 0 Å². The van der Waals surface area contributed by atoms with Crippen LogP contribution < -0.4 is 10.2 Å². The summed E-state index contributed by atoms with van der Waals surface area (Å²) in [6, 6.07) is 15.0. The van der Waals surface area contributed by atoms with E-state index >= 15 is 0 Å². The molecule has 51 heavy (non-hydrogen) atoms. The largest absolute Gasteiger partial charge is 0.385 e. The monoisotopic (exact) mass is 705 g/mol. The standard InChI is InChI=1S/C29H45N5O2.C9H13N.C2H4O.C2H6/c1-21-15-22(2)29(30(4)5)25(16-21)18-31(6)19-27-33(8)32(7)20-28(36)34(27)23(3)17-24-11-9-13-26(35)14-10-12-24;1-2-10-8-9-6-4-3-5-7-9;1-2-3;1-2/h9-11,13-16,23,26-27,35H,12,17-20H2,1-8H3;3-7,10H,2,8H2,1H3;2H,1H3;1-2H3/b13-9?,14-10-,24-11+;;;/t23-,26?,27?;;;/m1.../s1. The number of carbonyl (C=O) groups is 2. The van der Waals surface area contributed by atoms with Crippen LogP contribution in [-0.4, -0.2) is 110 Å². The molecule has 1 fully saturated rings. The Morgan fingerprint density at radius 1 is 1.06 bits per heavy atom. The van der Waals surface area contributed by atoms with Gasteiger partial charge in [-0.3, -0.25) is 9.69 Å². The van der Waals surface area contributed by atoms with Crippen LogP contribution in [0.25, 0.3) is 0 Å². The number of aliphatic hydroxyl groups excluding tert-OH is 1. The van der Waals surface area contributed by atoms with Crippen LogP contribution in [0.5, 0.6) is 0 Å². The van der Waals surface area contributed by atoms with Crippen molar-refractivity contribution in [1.29, 1.82) is 0 Å². The molecule has 1 heterocycles. The van der Waals surface area contributed by atoms with E-state index < -0.39 is 6.10 Å². The molecule has 0 bridgehead atoms. The number of nitrogens with zero attached hydrogens (tertiary/aromatic N) is 5. The number of amides is 1. The van der Waals surface area contributed by atoms with Gasteiger partial charge in [-0.25, -0.2) is 10.0 Å². The fourth-order valence-electron chi connectivity index (χ4n) is 6.44. The molecule has 0 aromatic heterocycles. The number of nitrogens with one attached hydrogen (secondary N) is 1. The molecule has 2 N–H and O–H groups in total. The number of aliphatic hydroxyl groups is 1. The van der Waals surface area contributed by atoms with Gasteiger partial charge in [0.2, 0.25) is 5.91 Å². The van der Waals surface area contributed by atoms with Gasteiger partial charge in [-0.1, -0.05) is 105 Å². The van der Waals surface area contributed by atoms with Crippen molar-refractivity contribution in [2.24, 2.45) is 0 Å². The third-order valence-corrected chi connectivity index (χ3v) is 8.64. The number of aldehydes is 1. The molecular weight excluding hydrogens is 637 g/mol. The minimum atomic E-state index is -0.529. The van der Waals surface area contributed by atoms with Crippen LogP contribution >= 0.6 is 0 Å². The maximum atomic E-state index is 13.3. The van der Waals surface area contributed by atoms with Gasteiger partial charge < -0.3 is 25.0 Å². The highest BCUT2D eigenvalue weighted by molar-refractivity contribution is 5.79.